The molecule has 142 valence electrons. The van der Waals surface area contributed by atoms with Gasteiger partial charge in [0.25, 0.3) is 5.56 Å². The third kappa shape index (κ3) is 3.48. The van der Waals surface area contributed by atoms with Crippen molar-refractivity contribution in [1.29, 1.82) is 0 Å². The molecule has 2 aromatic rings. The molecule has 2 amide bonds. The van der Waals surface area contributed by atoms with Gasteiger partial charge in [-0.3, -0.25) is 4.79 Å². The van der Waals surface area contributed by atoms with Crippen LogP contribution in [0.25, 0.3) is 11.1 Å². The van der Waals surface area contributed by atoms with E-state index in [1.807, 2.05) is 41.5 Å². The van der Waals surface area contributed by atoms with Gasteiger partial charge in [0.1, 0.15) is 0 Å². The quantitative estimate of drug-likeness (QED) is 0.856. The number of likely N-dealkylation sites (tertiary alicyclic amines) is 1. The fourth-order valence-corrected chi connectivity index (χ4v) is 4.43. The molecule has 0 aliphatic carbocycles. The summed E-state index contributed by atoms with van der Waals surface area (Å²) < 4.78 is 1.92. The van der Waals surface area contributed by atoms with Crippen LogP contribution in [0.2, 0.25) is 5.02 Å². The standard InChI is InChI=1S/C21H24ClN3O2/c1-13(2)23-21(27)24-10-14-9-16(12-24)19-8-7-18(20(26)25(19)11-14)15-3-5-17(22)6-4-15/h3-8,13-14,16H,9-12H2,1-2H3,(H,23,27)/t14-,16-/m1/s1. The lowest BCUT2D eigenvalue weighted by Crippen LogP contribution is -2.52. The van der Waals surface area contributed by atoms with Gasteiger partial charge in [0.15, 0.2) is 0 Å². The molecule has 2 aliphatic rings. The molecule has 2 aliphatic heterocycles. The van der Waals surface area contributed by atoms with E-state index in [0.717, 1.165) is 17.7 Å². The third-order valence-electron chi connectivity index (χ3n) is 5.46. The number of halogens is 1. The van der Waals surface area contributed by atoms with Gasteiger partial charge in [-0.25, -0.2) is 4.79 Å². The second-order valence-electron chi connectivity index (χ2n) is 7.90. The number of carbonyl (C=O) groups is 1. The van der Waals surface area contributed by atoms with Crippen LogP contribution in [-0.4, -0.2) is 34.6 Å². The molecular formula is C21H24ClN3O2. The van der Waals surface area contributed by atoms with Crippen LogP contribution < -0.4 is 10.9 Å². The fourth-order valence-electron chi connectivity index (χ4n) is 4.30. The van der Waals surface area contributed by atoms with Crippen molar-refractivity contribution in [3.05, 3.63) is 57.5 Å². The Labute approximate surface area is 163 Å². The second-order valence-corrected chi connectivity index (χ2v) is 8.34. The number of aromatic nitrogens is 1. The van der Waals surface area contributed by atoms with Crippen molar-refractivity contribution in [2.75, 3.05) is 13.1 Å². The number of carbonyl (C=O) groups excluding carboxylic acids is 1. The number of rotatable bonds is 2. The first-order valence-corrected chi connectivity index (χ1v) is 9.85. The van der Waals surface area contributed by atoms with Crippen molar-refractivity contribution in [3.63, 3.8) is 0 Å². The largest absolute Gasteiger partial charge is 0.336 e. The fraction of sp³-hybridized carbons (Fsp3) is 0.429. The summed E-state index contributed by atoms with van der Waals surface area (Å²) in [5.41, 5.74) is 2.67. The highest BCUT2D eigenvalue weighted by Crippen LogP contribution is 2.35. The molecule has 0 saturated carbocycles. The van der Waals surface area contributed by atoms with Gasteiger partial charge in [0.2, 0.25) is 0 Å². The average molecular weight is 386 g/mol. The lowest BCUT2D eigenvalue weighted by atomic mass is 9.83. The molecular weight excluding hydrogens is 362 g/mol. The second kappa shape index (κ2) is 7.04. The van der Waals surface area contributed by atoms with Crippen LogP contribution in [0, 0.1) is 5.92 Å². The third-order valence-corrected chi connectivity index (χ3v) is 5.71. The van der Waals surface area contributed by atoms with Crippen LogP contribution in [0.15, 0.2) is 41.2 Å². The first-order chi connectivity index (χ1) is 12.9. The van der Waals surface area contributed by atoms with Crippen molar-refractivity contribution in [3.8, 4) is 11.1 Å². The average Bonchev–Trinajstić information content (AvgIpc) is 2.63. The summed E-state index contributed by atoms with van der Waals surface area (Å²) in [4.78, 5) is 27.5. The highest BCUT2D eigenvalue weighted by molar-refractivity contribution is 6.30. The summed E-state index contributed by atoms with van der Waals surface area (Å²) in [5, 5.41) is 3.64. The summed E-state index contributed by atoms with van der Waals surface area (Å²) in [6.45, 7) is 5.96. The number of piperidine rings is 1. The predicted molar refractivity (Wildman–Crippen MR) is 107 cm³/mol. The molecule has 4 rings (SSSR count). The van der Waals surface area contributed by atoms with Crippen LogP contribution in [-0.2, 0) is 6.54 Å². The highest BCUT2D eigenvalue weighted by Gasteiger charge is 2.36. The highest BCUT2D eigenvalue weighted by atomic mass is 35.5. The SMILES string of the molecule is CC(C)NC(=O)N1C[C@H]2C[C@H](C1)c1ccc(-c3ccc(Cl)cc3)c(=O)n1C2. The van der Waals surface area contributed by atoms with Crippen LogP contribution in [0.5, 0.6) is 0 Å². The number of pyridine rings is 1. The van der Waals surface area contributed by atoms with Crippen LogP contribution >= 0.6 is 11.6 Å². The van der Waals surface area contributed by atoms with Gasteiger partial charge in [0.05, 0.1) is 0 Å². The molecule has 1 aromatic carbocycles. The lowest BCUT2D eigenvalue weighted by molar-refractivity contribution is 0.130. The minimum absolute atomic E-state index is 0.00622. The molecule has 27 heavy (non-hydrogen) atoms. The Kier molecular flexibility index (Phi) is 4.72. The van der Waals surface area contributed by atoms with Gasteiger partial charge < -0.3 is 14.8 Å². The molecule has 0 unspecified atom stereocenters. The normalized spacial score (nSPS) is 21.1. The maximum Gasteiger partial charge on any atom is 0.317 e. The molecule has 5 nitrogen and oxygen atoms in total. The maximum absolute atomic E-state index is 13.1. The van der Waals surface area contributed by atoms with E-state index >= 15 is 0 Å². The zero-order chi connectivity index (χ0) is 19.1. The number of fused-ring (bicyclic) bond motifs is 4. The minimum Gasteiger partial charge on any atom is -0.336 e. The first kappa shape index (κ1) is 18.1. The molecule has 1 N–H and O–H groups in total. The topological polar surface area (TPSA) is 54.3 Å². The number of amides is 2. The van der Waals surface area contributed by atoms with E-state index in [1.54, 1.807) is 12.1 Å². The van der Waals surface area contributed by atoms with Crippen molar-refractivity contribution in [2.24, 2.45) is 5.92 Å². The minimum atomic E-state index is -0.00622. The maximum atomic E-state index is 13.1. The molecule has 0 radical (unpaired) electrons. The smallest absolute Gasteiger partial charge is 0.317 e. The number of nitrogens with zero attached hydrogens (tertiary/aromatic N) is 2. The molecule has 3 heterocycles. The van der Waals surface area contributed by atoms with Crippen molar-refractivity contribution >= 4 is 17.6 Å². The Morgan fingerprint density at radius 2 is 1.85 bits per heavy atom. The summed E-state index contributed by atoms with van der Waals surface area (Å²) in [7, 11) is 0. The van der Waals surface area contributed by atoms with Crippen molar-refractivity contribution in [1.82, 2.24) is 14.8 Å². The summed E-state index contributed by atoms with van der Waals surface area (Å²) in [6, 6.07) is 11.5. The number of nitrogens with one attached hydrogen (secondary N) is 1. The van der Waals surface area contributed by atoms with Gasteiger partial charge in [-0.05, 0) is 56.0 Å². The lowest BCUT2D eigenvalue weighted by Gasteiger charge is -2.43. The van der Waals surface area contributed by atoms with Crippen LogP contribution in [0.3, 0.4) is 0 Å². The van der Waals surface area contributed by atoms with Gasteiger partial charge in [-0.1, -0.05) is 23.7 Å². The molecule has 0 spiro atoms. The Hall–Kier alpha value is -2.27. The molecule has 1 aromatic heterocycles. The monoisotopic (exact) mass is 385 g/mol. The van der Waals surface area contributed by atoms with E-state index in [2.05, 4.69) is 11.4 Å². The number of hydrogen-bond acceptors (Lipinski definition) is 2. The number of urea groups is 1. The Morgan fingerprint density at radius 3 is 2.56 bits per heavy atom. The van der Waals surface area contributed by atoms with E-state index in [4.69, 9.17) is 11.6 Å². The van der Waals surface area contributed by atoms with Gasteiger partial charge in [-0.2, -0.15) is 0 Å². The van der Waals surface area contributed by atoms with Crippen LogP contribution in [0.4, 0.5) is 4.79 Å². The summed E-state index contributed by atoms with van der Waals surface area (Å²) in [6.07, 6.45) is 1.03. The molecule has 2 atom stereocenters. The molecule has 2 bridgehead atoms. The van der Waals surface area contributed by atoms with Gasteiger partial charge in [-0.15, -0.1) is 0 Å². The Morgan fingerprint density at radius 1 is 1.11 bits per heavy atom. The first-order valence-electron chi connectivity index (χ1n) is 9.47. The van der Waals surface area contributed by atoms with E-state index in [1.165, 1.54) is 0 Å². The van der Waals surface area contributed by atoms with E-state index < -0.39 is 0 Å². The van der Waals surface area contributed by atoms with Crippen molar-refractivity contribution < 1.29 is 4.79 Å². The van der Waals surface area contributed by atoms with Crippen LogP contribution in [0.1, 0.15) is 31.9 Å². The number of benzene rings is 1. The zero-order valence-electron chi connectivity index (χ0n) is 15.6. The molecule has 6 heteroatoms. The zero-order valence-corrected chi connectivity index (χ0v) is 16.4. The number of hydrogen-bond donors (Lipinski definition) is 1. The predicted octanol–water partition coefficient (Wildman–Crippen LogP) is 3.71. The van der Waals surface area contributed by atoms with Crippen molar-refractivity contribution in [2.45, 2.75) is 38.8 Å². The van der Waals surface area contributed by atoms with Gasteiger partial charge >= 0.3 is 6.03 Å². The summed E-state index contributed by atoms with van der Waals surface area (Å²) in [5.74, 6) is 0.523. The Balaban J connectivity index is 1.64. The Bertz CT molecular complexity index is 920. The van der Waals surface area contributed by atoms with E-state index in [-0.39, 0.29) is 23.6 Å². The van der Waals surface area contributed by atoms with Gasteiger partial charge in [0, 0.05) is 47.9 Å². The van der Waals surface area contributed by atoms with E-state index in [9.17, 15) is 9.59 Å². The summed E-state index contributed by atoms with van der Waals surface area (Å²) >= 11 is 5.97. The molecule has 1 fully saturated rings. The van der Waals surface area contributed by atoms with E-state index in [0.29, 0.717) is 36.1 Å². The molecule has 1 saturated heterocycles.